The van der Waals surface area contributed by atoms with Crippen LogP contribution in [0.3, 0.4) is 0 Å². The Kier molecular flexibility index (Phi) is 4.22. The van der Waals surface area contributed by atoms with E-state index >= 15 is 0 Å². The van der Waals surface area contributed by atoms with Gasteiger partial charge in [0.15, 0.2) is 0 Å². The molecule has 0 spiro atoms. The van der Waals surface area contributed by atoms with E-state index in [1.807, 2.05) is 29.8 Å². The molecule has 2 rings (SSSR count). The predicted octanol–water partition coefficient (Wildman–Crippen LogP) is 3.17. The van der Waals surface area contributed by atoms with Crippen LogP contribution in [0, 0.1) is 3.57 Å². The standard InChI is InChI=1S/C11H12ClIN4/c1-2-17-11(15-7-16-17)6-14-10-4-3-8(13)5-9(10)12/h3-5,7,14H,2,6H2,1H3. The van der Waals surface area contributed by atoms with Crippen LogP contribution in [0.2, 0.25) is 5.02 Å². The van der Waals surface area contributed by atoms with E-state index in [1.165, 1.54) is 0 Å². The second-order valence-corrected chi connectivity index (χ2v) is 5.12. The lowest BCUT2D eigenvalue weighted by Crippen LogP contribution is -2.09. The number of halogens is 2. The normalized spacial score (nSPS) is 10.5. The number of aromatic nitrogens is 3. The molecular formula is C11H12ClIN4. The summed E-state index contributed by atoms with van der Waals surface area (Å²) in [5.74, 6) is 0.905. The Morgan fingerprint density at radius 2 is 2.29 bits per heavy atom. The van der Waals surface area contributed by atoms with E-state index in [0.29, 0.717) is 6.54 Å². The highest BCUT2D eigenvalue weighted by atomic mass is 127. The van der Waals surface area contributed by atoms with Crippen LogP contribution in [-0.4, -0.2) is 14.8 Å². The van der Waals surface area contributed by atoms with E-state index in [-0.39, 0.29) is 0 Å². The summed E-state index contributed by atoms with van der Waals surface area (Å²) >= 11 is 8.37. The van der Waals surface area contributed by atoms with Crippen molar-refractivity contribution in [1.82, 2.24) is 14.8 Å². The van der Waals surface area contributed by atoms with Gasteiger partial charge in [-0.1, -0.05) is 11.6 Å². The van der Waals surface area contributed by atoms with Gasteiger partial charge in [0.1, 0.15) is 12.2 Å². The molecule has 90 valence electrons. The summed E-state index contributed by atoms with van der Waals surface area (Å²) in [4.78, 5) is 4.19. The van der Waals surface area contributed by atoms with Crippen molar-refractivity contribution in [1.29, 1.82) is 0 Å². The molecule has 1 aromatic carbocycles. The third-order valence-electron chi connectivity index (χ3n) is 2.36. The zero-order chi connectivity index (χ0) is 12.3. The van der Waals surface area contributed by atoms with Gasteiger partial charge in [-0.3, -0.25) is 0 Å². The van der Waals surface area contributed by atoms with Crippen LogP contribution in [0.1, 0.15) is 12.7 Å². The first-order valence-electron chi connectivity index (χ1n) is 5.26. The van der Waals surface area contributed by atoms with E-state index in [1.54, 1.807) is 6.33 Å². The fourth-order valence-electron chi connectivity index (χ4n) is 1.50. The van der Waals surface area contributed by atoms with E-state index in [2.05, 4.69) is 38.0 Å². The molecule has 0 aliphatic rings. The molecule has 0 bridgehead atoms. The summed E-state index contributed by atoms with van der Waals surface area (Å²) in [5.41, 5.74) is 0.915. The van der Waals surface area contributed by atoms with Crippen molar-refractivity contribution < 1.29 is 0 Å². The van der Waals surface area contributed by atoms with Gasteiger partial charge in [-0.25, -0.2) is 9.67 Å². The number of nitrogens with zero attached hydrogens (tertiary/aromatic N) is 3. The molecule has 0 saturated heterocycles. The van der Waals surface area contributed by atoms with Crippen LogP contribution in [0.25, 0.3) is 0 Å². The van der Waals surface area contributed by atoms with Gasteiger partial charge in [0.25, 0.3) is 0 Å². The Labute approximate surface area is 119 Å². The van der Waals surface area contributed by atoms with Gasteiger partial charge in [0, 0.05) is 10.1 Å². The molecule has 0 unspecified atom stereocenters. The number of hydrogen-bond acceptors (Lipinski definition) is 3. The maximum Gasteiger partial charge on any atom is 0.146 e. The van der Waals surface area contributed by atoms with Gasteiger partial charge < -0.3 is 5.32 Å². The number of benzene rings is 1. The zero-order valence-electron chi connectivity index (χ0n) is 9.32. The van der Waals surface area contributed by atoms with Gasteiger partial charge in [0.2, 0.25) is 0 Å². The summed E-state index contributed by atoms with van der Waals surface area (Å²) in [6.07, 6.45) is 1.57. The zero-order valence-corrected chi connectivity index (χ0v) is 12.2. The van der Waals surface area contributed by atoms with E-state index in [0.717, 1.165) is 26.6 Å². The molecule has 0 radical (unpaired) electrons. The highest BCUT2D eigenvalue weighted by molar-refractivity contribution is 14.1. The van der Waals surface area contributed by atoms with Crippen LogP contribution in [-0.2, 0) is 13.1 Å². The highest BCUT2D eigenvalue weighted by Crippen LogP contribution is 2.24. The maximum absolute atomic E-state index is 6.13. The molecular weight excluding hydrogens is 351 g/mol. The predicted molar refractivity (Wildman–Crippen MR) is 77.2 cm³/mol. The second-order valence-electron chi connectivity index (χ2n) is 3.47. The largest absolute Gasteiger partial charge is 0.377 e. The summed E-state index contributed by atoms with van der Waals surface area (Å²) in [7, 11) is 0. The van der Waals surface area contributed by atoms with Gasteiger partial charge in [-0.05, 0) is 47.7 Å². The minimum absolute atomic E-state index is 0.619. The van der Waals surface area contributed by atoms with Gasteiger partial charge in [-0.15, -0.1) is 0 Å². The lowest BCUT2D eigenvalue weighted by molar-refractivity contribution is 0.622. The minimum atomic E-state index is 0.619. The monoisotopic (exact) mass is 362 g/mol. The van der Waals surface area contributed by atoms with Crippen LogP contribution >= 0.6 is 34.2 Å². The van der Waals surface area contributed by atoms with Gasteiger partial charge >= 0.3 is 0 Å². The Morgan fingerprint density at radius 3 is 3.00 bits per heavy atom. The summed E-state index contributed by atoms with van der Waals surface area (Å²) in [6, 6.07) is 5.91. The summed E-state index contributed by atoms with van der Waals surface area (Å²) < 4.78 is 2.98. The van der Waals surface area contributed by atoms with Crippen molar-refractivity contribution in [3.8, 4) is 0 Å². The Bertz CT molecular complexity index is 512. The second kappa shape index (κ2) is 5.68. The highest BCUT2D eigenvalue weighted by Gasteiger charge is 2.04. The number of nitrogens with one attached hydrogen (secondary N) is 1. The molecule has 1 aromatic heterocycles. The van der Waals surface area contributed by atoms with Gasteiger partial charge in [-0.2, -0.15) is 5.10 Å². The first kappa shape index (κ1) is 12.6. The molecule has 6 heteroatoms. The maximum atomic E-state index is 6.13. The van der Waals surface area contributed by atoms with Crippen molar-refractivity contribution in [3.63, 3.8) is 0 Å². The van der Waals surface area contributed by atoms with E-state index < -0.39 is 0 Å². The third-order valence-corrected chi connectivity index (χ3v) is 3.35. The Hall–Kier alpha value is -0.820. The number of hydrogen-bond donors (Lipinski definition) is 1. The molecule has 1 heterocycles. The molecule has 2 aromatic rings. The topological polar surface area (TPSA) is 42.7 Å². The average molecular weight is 363 g/mol. The molecule has 0 atom stereocenters. The molecule has 0 fully saturated rings. The fourth-order valence-corrected chi connectivity index (χ4v) is 2.42. The molecule has 0 aliphatic carbocycles. The Balaban J connectivity index is 2.07. The number of aryl methyl sites for hydroxylation is 1. The fraction of sp³-hybridized carbons (Fsp3) is 0.273. The first-order chi connectivity index (χ1) is 8.20. The SMILES string of the molecule is CCn1ncnc1CNc1ccc(I)cc1Cl. The number of rotatable bonds is 4. The van der Waals surface area contributed by atoms with Crippen molar-refractivity contribution in [2.75, 3.05) is 5.32 Å². The van der Waals surface area contributed by atoms with Crippen LogP contribution in [0.15, 0.2) is 24.5 Å². The Morgan fingerprint density at radius 1 is 1.47 bits per heavy atom. The average Bonchev–Trinajstić information content (AvgIpc) is 2.75. The van der Waals surface area contributed by atoms with Gasteiger partial charge in [0.05, 0.1) is 17.3 Å². The van der Waals surface area contributed by atoms with E-state index in [4.69, 9.17) is 11.6 Å². The third kappa shape index (κ3) is 3.10. The minimum Gasteiger partial charge on any atom is -0.377 e. The molecule has 17 heavy (non-hydrogen) atoms. The quantitative estimate of drug-likeness (QED) is 0.850. The smallest absolute Gasteiger partial charge is 0.146 e. The molecule has 4 nitrogen and oxygen atoms in total. The van der Waals surface area contributed by atoms with Crippen molar-refractivity contribution >= 4 is 39.9 Å². The molecule has 0 saturated carbocycles. The van der Waals surface area contributed by atoms with Crippen molar-refractivity contribution in [2.24, 2.45) is 0 Å². The molecule has 0 aliphatic heterocycles. The van der Waals surface area contributed by atoms with Crippen molar-refractivity contribution in [2.45, 2.75) is 20.0 Å². The summed E-state index contributed by atoms with van der Waals surface area (Å²) in [5, 5.41) is 8.10. The molecule has 1 N–H and O–H groups in total. The van der Waals surface area contributed by atoms with E-state index in [9.17, 15) is 0 Å². The lowest BCUT2D eigenvalue weighted by atomic mass is 10.3. The summed E-state index contributed by atoms with van der Waals surface area (Å²) in [6.45, 7) is 3.47. The van der Waals surface area contributed by atoms with Crippen LogP contribution in [0.4, 0.5) is 5.69 Å². The first-order valence-corrected chi connectivity index (χ1v) is 6.72. The molecule has 0 amide bonds. The van der Waals surface area contributed by atoms with Crippen molar-refractivity contribution in [3.05, 3.63) is 38.9 Å². The number of anilines is 1. The van der Waals surface area contributed by atoms with Crippen LogP contribution in [0.5, 0.6) is 0 Å². The lowest BCUT2D eigenvalue weighted by Gasteiger charge is -2.08. The van der Waals surface area contributed by atoms with Crippen LogP contribution < -0.4 is 5.32 Å².